The highest BCUT2D eigenvalue weighted by Gasteiger charge is 2.20. The summed E-state index contributed by atoms with van der Waals surface area (Å²) in [6, 6.07) is -0.768. The van der Waals surface area contributed by atoms with E-state index in [4.69, 9.17) is 0 Å². The summed E-state index contributed by atoms with van der Waals surface area (Å²) >= 11 is 0. The van der Waals surface area contributed by atoms with Crippen LogP contribution in [-0.2, 0) is 4.79 Å². The number of aliphatic hydroxyl groups is 3. The minimum Gasteiger partial charge on any atom is -0.394 e. The van der Waals surface area contributed by atoms with Crippen molar-refractivity contribution < 1.29 is 20.1 Å². The Labute approximate surface area is 316 Å². The van der Waals surface area contributed by atoms with Gasteiger partial charge in [-0.2, -0.15) is 0 Å². The number of carbonyl (C=O) groups excluding carboxylic acids is 1. The summed E-state index contributed by atoms with van der Waals surface area (Å²) in [6.07, 6.45) is 52.6. The molecule has 0 aromatic heterocycles. The Morgan fingerprint density at radius 1 is 0.510 bits per heavy atom. The molecule has 4 N–H and O–H groups in total. The van der Waals surface area contributed by atoms with Crippen molar-refractivity contribution in [3.63, 3.8) is 0 Å². The first-order valence-electron chi connectivity index (χ1n) is 21.9. The molecule has 0 aliphatic rings. The number of nitrogens with one attached hydrogen (secondary N) is 1. The molecule has 0 saturated carbocycles. The molecule has 5 nitrogen and oxygen atoms in total. The van der Waals surface area contributed by atoms with E-state index in [-0.39, 0.29) is 18.9 Å². The van der Waals surface area contributed by atoms with Crippen LogP contribution in [0.5, 0.6) is 0 Å². The van der Waals surface area contributed by atoms with Crippen LogP contribution in [-0.4, -0.2) is 46.1 Å². The van der Waals surface area contributed by atoms with Gasteiger partial charge in [0.25, 0.3) is 0 Å². The van der Waals surface area contributed by atoms with Gasteiger partial charge in [-0.05, 0) is 57.8 Å². The predicted molar refractivity (Wildman–Crippen MR) is 222 cm³/mol. The SMILES string of the molecule is CCCCC/C=C\C=C/CCCCCCC(O)CC(=O)NC(CO)C(O)/C=C/CC/C=C/CCCCCCCCCCCCCCCCCCC. The van der Waals surface area contributed by atoms with Crippen LogP contribution in [0.25, 0.3) is 0 Å². The number of hydrogen-bond donors (Lipinski definition) is 4. The second-order valence-electron chi connectivity index (χ2n) is 15.0. The molecule has 0 fully saturated rings. The lowest BCUT2D eigenvalue weighted by Gasteiger charge is -2.20. The van der Waals surface area contributed by atoms with Crippen LogP contribution in [0.1, 0.15) is 213 Å². The van der Waals surface area contributed by atoms with Gasteiger partial charge in [-0.1, -0.05) is 197 Å². The van der Waals surface area contributed by atoms with Crippen molar-refractivity contribution in [3.05, 3.63) is 48.6 Å². The minimum absolute atomic E-state index is 0.00943. The third-order valence-electron chi connectivity index (χ3n) is 9.87. The second kappa shape index (κ2) is 41.1. The predicted octanol–water partition coefficient (Wildman–Crippen LogP) is 12.5. The molecule has 5 heteroatoms. The van der Waals surface area contributed by atoms with Gasteiger partial charge in [0.15, 0.2) is 0 Å². The van der Waals surface area contributed by atoms with Crippen molar-refractivity contribution in [1.82, 2.24) is 5.32 Å². The Balaban J connectivity index is 3.72. The number of aliphatic hydroxyl groups excluding tert-OH is 3. The number of hydrogen-bond acceptors (Lipinski definition) is 4. The molecular weight excluding hydrogens is 631 g/mol. The fraction of sp³-hybridized carbons (Fsp3) is 0.804. The lowest BCUT2D eigenvalue weighted by molar-refractivity contribution is -0.124. The average Bonchev–Trinajstić information content (AvgIpc) is 3.12. The Hall–Kier alpha value is -1.69. The molecule has 0 aromatic rings. The fourth-order valence-electron chi connectivity index (χ4n) is 6.46. The molecule has 0 saturated heterocycles. The van der Waals surface area contributed by atoms with Crippen molar-refractivity contribution in [1.29, 1.82) is 0 Å². The maximum absolute atomic E-state index is 12.4. The molecule has 298 valence electrons. The van der Waals surface area contributed by atoms with Crippen LogP contribution in [0, 0.1) is 0 Å². The topological polar surface area (TPSA) is 89.8 Å². The lowest BCUT2D eigenvalue weighted by atomic mass is 10.0. The summed E-state index contributed by atoms with van der Waals surface area (Å²) in [7, 11) is 0. The molecular formula is C46H85NO4. The van der Waals surface area contributed by atoms with Crippen molar-refractivity contribution in [3.8, 4) is 0 Å². The minimum atomic E-state index is -0.958. The molecule has 0 spiro atoms. The highest BCUT2D eigenvalue weighted by atomic mass is 16.3. The van der Waals surface area contributed by atoms with Gasteiger partial charge in [0.05, 0.1) is 31.3 Å². The van der Waals surface area contributed by atoms with E-state index in [2.05, 4.69) is 55.6 Å². The summed E-state index contributed by atoms with van der Waals surface area (Å²) in [5, 5.41) is 33.1. The number of carbonyl (C=O) groups is 1. The van der Waals surface area contributed by atoms with Gasteiger partial charge in [0, 0.05) is 0 Å². The molecule has 3 atom stereocenters. The number of amides is 1. The van der Waals surface area contributed by atoms with E-state index in [1.54, 1.807) is 6.08 Å². The zero-order chi connectivity index (χ0) is 37.3. The summed E-state index contributed by atoms with van der Waals surface area (Å²) in [5.41, 5.74) is 0. The van der Waals surface area contributed by atoms with Crippen LogP contribution < -0.4 is 5.32 Å². The van der Waals surface area contributed by atoms with Gasteiger partial charge < -0.3 is 20.6 Å². The van der Waals surface area contributed by atoms with E-state index in [9.17, 15) is 20.1 Å². The molecule has 0 bridgehead atoms. The Morgan fingerprint density at radius 3 is 1.41 bits per heavy atom. The van der Waals surface area contributed by atoms with Crippen molar-refractivity contribution in [2.45, 2.75) is 231 Å². The summed E-state index contributed by atoms with van der Waals surface area (Å²) in [6.45, 7) is 4.16. The van der Waals surface area contributed by atoms with Crippen LogP contribution in [0.3, 0.4) is 0 Å². The normalized spacial score (nSPS) is 14.1. The molecule has 0 aliphatic carbocycles. The first kappa shape index (κ1) is 49.3. The zero-order valence-corrected chi connectivity index (χ0v) is 33.7. The second-order valence-corrected chi connectivity index (χ2v) is 15.0. The summed E-state index contributed by atoms with van der Waals surface area (Å²) in [4.78, 5) is 12.4. The zero-order valence-electron chi connectivity index (χ0n) is 33.7. The van der Waals surface area contributed by atoms with E-state index in [1.165, 1.54) is 128 Å². The third-order valence-corrected chi connectivity index (χ3v) is 9.87. The first-order valence-corrected chi connectivity index (χ1v) is 21.9. The highest BCUT2D eigenvalue weighted by Crippen LogP contribution is 2.15. The van der Waals surface area contributed by atoms with Gasteiger partial charge in [0.2, 0.25) is 5.91 Å². The Kier molecular flexibility index (Phi) is 39.7. The lowest BCUT2D eigenvalue weighted by Crippen LogP contribution is -2.45. The monoisotopic (exact) mass is 716 g/mol. The van der Waals surface area contributed by atoms with Crippen molar-refractivity contribution in [2.75, 3.05) is 6.61 Å². The van der Waals surface area contributed by atoms with E-state index < -0.39 is 18.2 Å². The van der Waals surface area contributed by atoms with E-state index in [0.717, 1.165) is 57.8 Å². The highest BCUT2D eigenvalue weighted by molar-refractivity contribution is 5.76. The van der Waals surface area contributed by atoms with Gasteiger partial charge in [0.1, 0.15) is 0 Å². The van der Waals surface area contributed by atoms with Crippen LogP contribution >= 0.6 is 0 Å². The van der Waals surface area contributed by atoms with Crippen LogP contribution in [0.15, 0.2) is 48.6 Å². The molecule has 0 aromatic carbocycles. The number of allylic oxidation sites excluding steroid dienone is 7. The Bertz CT molecular complexity index is 835. The summed E-state index contributed by atoms with van der Waals surface area (Å²) in [5.74, 6) is -0.339. The first-order chi connectivity index (χ1) is 25.0. The maximum Gasteiger partial charge on any atom is 0.222 e. The van der Waals surface area contributed by atoms with Crippen molar-refractivity contribution >= 4 is 5.91 Å². The van der Waals surface area contributed by atoms with Gasteiger partial charge in [-0.15, -0.1) is 0 Å². The smallest absolute Gasteiger partial charge is 0.222 e. The molecule has 0 rings (SSSR count). The Morgan fingerprint density at radius 2 is 0.902 bits per heavy atom. The number of unbranched alkanes of at least 4 members (excludes halogenated alkanes) is 25. The van der Waals surface area contributed by atoms with Crippen LogP contribution in [0.2, 0.25) is 0 Å². The molecule has 3 unspecified atom stereocenters. The average molecular weight is 716 g/mol. The van der Waals surface area contributed by atoms with E-state index >= 15 is 0 Å². The molecule has 0 radical (unpaired) electrons. The molecule has 1 amide bonds. The third kappa shape index (κ3) is 37.9. The van der Waals surface area contributed by atoms with Crippen LogP contribution in [0.4, 0.5) is 0 Å². The van der Waals surface area contributed by atoms with Gasteiger partial charge in [-0.3, -0.25) is 4.79 Å². The maximum atomic E-state index is 12.4. The molecule has 0 heterocycles. The number of rotatable bonds is 39. The van der Waals surface area contributed by atoms with Gasteiger partial charge >= 0.3 is 0 Å². The fourth-order valence-corrected chi connectivity index (χ4v) is 6.46. The van der Waals surface area contributed by atoms with E-state index in [1.807, 2.05) is 6.08 Å². The largest absolute Gasteiger partial charge is 0.394 e. The van der Waals surface area contributed by atoms with Crippen molar-refractivity contribution in [2.24, 2.45) is 0 Å². The quantitative estimate of drug-likeness (QED) is 0.0290. The van der Waals surface area contributed by atoms with E-state index in [0.29, 0.717) is 6.42 Å². The molecule has 0 aliphatic heterocycles. The molecule has 51 heavy (non-hydrogen) atoms. The van der Waals surface area contributed by atoms with Gasteiger partial charge in [-0.25, -0.2) is 0 Å². The summed E-state index contributed by atoms with van der Waals surface area (Å²) < 4.78 is 0. The standard InChI is InChI=1S/C46H85NO4/c1-3-5-7-9-11-13-15-17-18-19-20-21-22-23-24-25-26-28-30-32-34-36-38-40-45(50)44(42-48)47-46(51)41-43(49)39-37-35-33-31-29-27-16-14-12-10-8-6-4-2/h12,14,16,27,30,32,38,40,43-45,48-50H,3-11,13,15,17-26,28-29,31,33-37,39,41-42H2,1-2H3,(H,47,51)/b14-12-,27-16-,32-30+,40-38+.